The molecular weight excluding hydrogens is 216 g/mol. The number of likely N-dealkylation sites (tertiary alicyclic amines) is 1. The van der Waals surface area contributed by atoms with E-state index in [-0.39, 0.29) is 0 Å². The first-order chi connectivity index (χ1) is 7.72. The Hall–Kier alpha value is -0.670. The predicted molar refractivity (Wildman–Crippen MR) is 70.2 cm³/mol. The molecule has 1 N–H and O–H groups in total. The van der Waals surface area contributed by atoms with Gasteiger partial charge in [-0.3, -0.25) is 4.90 Å². The molecule has 3 heteroatoms. The van der Waals surface area contributed by atoms with Crippen LogP contribution in [0.25, 0.3) is 0 Å². The fourth-order valence-corrected chi connectivity index (χ4v) is 2.90. The molecule has 1 aliphatic heterocycles. The molecule has 0 aliphatic carbocycles. The summed E-state index contributed by atoms with van der Waals surface area (Å²) in [6.07, 6.45) is 3.84. The Bertz CT molecular complexity index is 411. The lowest BCUT2D eigenvalue weighted by atomic mass is 10.0. The number of aryl methyl sites for hydroxylation is 1. The molecule has 2 heterocycles. The van der Waals surface area contributed by atoms with Gasteiger partial charge in [0.05, 0.1) is 0 Å². The summed E-state index contributed by atoms with van der Waals surface area (Å²) < 4.78 is 0.835. The average molecular weight is 236 g/mol. The van der Waals surface area contributed by atoms with Crippen LogP contribution in [-0.4, -0.2) is 23.0 Å². The van der Waals surface area contributed by atoms with E-state index in [0.29, 0.717) is 6.04 Å². The summed E-state index contributed by atoms with van der Waals surface area (Å²) in [6, 6.07) is 4.82. The summed E-state index contributed by atoms with van der Waals surface area (Å²) in [4.78, 5) is 5.86. The van der Waals surface area contributed by atoms with Crippen LogP contribution >= 0.6 is 12.2 Å². The SMILES string of the molecule is CCCN1CCC[C@@H]1c1ccc(=S)[nH]c1C. The molecule has 0 radical (unpaired) electrons. The molecule has 1 atom stereocenters. The highest BCUT2D eigenvalue weighted by atomic mass is 32.1. The van der Waals surface area contributed by atoms with Crippen LogP contribution in [-0.2, 0) is 0 Å². The molecule has 0 aromatic carbocycles. The van der Waals surface area contributed by atoms with Gasteiger partial charge >= 0.3 is 0 Å². The number of nitrogens with one attached hydrogen (secondary N) is 1. The van der Waals surface area contributed by atoms with Crippen molar-refractivity contribution in [3.63, 3.8) is 0 Å². The van der Waals surface area contributed by atoms with Crippen molar-refractivity contribution in [1.29, 1.82) is 0 Å². The molecule has 1 aromatic heterocycles. The van der Waals surface area contributed by atoms with E-state index >= 15 is 0 Å². The van der Waals surface area contributed by atoms with E-state index in [4.69, 9.17) is 12.2 Å². The number of hydrogen-bond donors (Lipinski definition) is 1. The van der Waals surface area contributed by atoms with Crippen LogP contribution in [0.4, 0.5) is 0 Å². The maximum Gasteiger partial charge on any atom is 0.103 e. The second-order valence-electron chi connectivity index (χ2n) is 4.60. The van der Waals surface area contributed by atoms with E-state index in [1.54, 1.807) is 0 Å². The molecule has 0 spiro atoms. The van der Waals surface area contributed by atoms with Crippen molar-refractivity contribution >= 4 is 12.2 Å². The van der Waals surface area contributed by atoms with Gasteiger partial charge in [-0.15, -0.1) is 0 Å². The number of rotatable bonds is 3. The summed E-state index contributed by atoms with van der Waals surface area (Å²) in [7, 11) is 0. The molecule has 0 saturated carbocycles. The Kier molecular flexibility index (Phi) is 3.77. The number of pyridine rings is 1. The predicted octanol–water partition coefficient (Wildman–Crippen LogP) is 3.60. The normalized spacial score (nSPS) is 21.5. The quantitative estimate of drug-likeness (QED) is 0.809. The first-order valence-corrected chi connectivity index (χ1v) is 6.57. The van der Waals surface area contributed by atoms with Crippen LogP contribution in [0, 0.1) is 11.6 Å². The minimum Gasteiger partial charge on any atom is -0.350 e. The summed E-state index contributed by atoms with van der Waals surface area (Å²) in [5, 5.41) is 0. The summed E-state index contributed by atoms with van der Waals surface area (Å²) in [5.74, 6) is 0. The zero-order valence-corrected chi connectivity index (χ0v) is 10.9. The van der Waals surface area contributed by atoms with Gasteiger partial charge in [-0.2, -0.15) is 0 Å². The number of nitrogens with zero attached hydrogens (tertiary/aromatic N) is 1. The smallest absolute Gasteiger partial charge is 0.103 e. The maximum absolute atomic E-state index is 5.15. The molecular formula is C13H20N2S. The van der Waals surface area contributed by atoms with E-state index in [1.807, 2.05) is 6.07 Å². The van der Waals surface area contributed by atoms with Crippen LogP contribution in [0.3, 0.4) is 0 Å². The molecule has 0 bridgehead atoms. The molecule has 0 amide bonds. The Labute approximate surface area is 103 Å². The van der Waals surface area contributed by atoms with Crippen molar-refractivity contribution in [2.45, 2.75) is 39.2 Å². The van der Waals surface area contributed by atoms with E-state index in [0.717, 1.165) is 4.64 Å². The van der Waals surface area contributed by atoms with Crippen molar-refractivity contribution in [2.24, 2.45) is 0 Å². The molecule has 16 heavy (non-hydrogen) atoms. The molecule has 0 unspecified atom stereocenters. The van der Waals surface area contributed by atoms with E-state index in [9.17, 15) is 0 Å². The van der Waals surface area contributed by atoms with Gasteiger partial charge in [-0.05, 0) is 50.9 Å². The van der Waals surface area contributed by atoms with E-state index in [2.05, 4.69) is 29.8 Å². The highest BCUT2D eigenvalue weighted by Crippen LogP contribution is 2.32. The summed E-state index contributed by atoms with van der Waals surface area (Å²) in [6.45, 7) is 6.83. The maximum atomic E-state index is 5.15. The fourth-order valence-electron chi connectivity index (χ4n) is 2.68. The van der Waals surface area contributed by atoms with Gasteiger partial charge in [0.25, 0.3) is 0 Å². The molecule has 2 nitrogen and oxygen atoms in total. The lowest BCUT2D eigenvalue weighted by molar-refractivity contribution is 0.256. The van der Waals surface area contributed by atoms with Gasteiger partial charge < -0.3 is 4.98 Å². The molecule has 1 saturated heterocycles. The third kappa shape index (κ3) is 2.36. The standard InChI is InChI=1S/C13H20N2S/c1-3-8-15-9-4-5-12(15)11-6-7-13(16)14-10(11)2/h6-7,12H,3-5,8-9H2,1-2H3,(H,14,16)/t12-/m1/s1. The van der Waals surface area contributed by atoms with Gasteiger partial charge in [-0.1, -0.05) is 25.2 Å². The third-order valence-electron chi connectivity index (χ3n) is 3.39. The van der Waals surface area contributed by atoms with E-state index < -0.39 is 0 Å². The average Bonchev–Trinajstić information content (AvgIpc) is 2.67. The minimum atomic E-state index is 0.604. The van der Waals surface area contributed by atoms with Crippen LogP contribution in [0.5, 0.6) is 0 Å². The first-order valence-electron chi connectivity index (χ1n) is 6.16. The highest BCUT2D eigenvalue weighted by molar-refractivity contribution is 7.71. The van der Waals surface area contributed by atoms with Crippen LogP contribution in [0.15, 0.2) is 12.1 Å². The number of H-pyrrole nitrogens is 1. The summed E-state index contributed by atoms with van der Waals surface area (Å²) in [5.41, 5.74) is 2.67. The van der Waals surface area contributed by atoms with Gasteiger partial charge in [0.2, 0.25) is 0 Å². The monoisotopic (exact) mass is 236 g/mol. The van der Waals surface area contributed by atoms with Crippen LogP contribution in [0.1, 0.15) is 43.5 Å². The van der Waals surface area contributed by atoms with E-state index in [1.165, 1.54) is 43.6 Å². The van der Waals surface area contributed by atoms with Crippen molar-refractivity contribution in [1.82, 2.24) is 9.88 Å². The Balaban J connectivity index is 2.25. The van der Waals surface area contributed by atoms with Crippen LogP contribution in [0.2, 0.25) is 0 Å². The van der Waals surface area contributed by atoms with Crippen LogP contribution < -0.4 is 0 Å². The van der Waals surface area contributed by atoms with Gasteiger partial charge in [0.15, 0.2) is 0 Å². The summed E-state index contributed by atoms with van der Waals surface area (Å²) >= 11 is 5.15. The highest BCUT2D eigenvalue weighted by Gasteiger charge is 2.26. The Morgan fingerprint density at radius 3 is 3.00 bits per heavy atom. The molecule has 1 aromatic rings. The van der Waals surface area contributed by atoms with Crippen molar-refractivity contribution < 1.29 is 0 Å². The topological polar surface area (TPSA) is 19.0 Å². The largest absolute Gasteiger partial charge is 0.350 e. The van der Waals surface area contributed by atoms with Gasteiger partial charge in [0, 0.05) is 11.7 Å². The van der Waals surface area contributed by atoms with Gasteiger partial charge in [0.1, 0.15) is 4.64 Å². The van der Waals surface area contributed by atoms with Gasteiger partial charge in [-0.25, -0.2) is 0 Å². The lowest BCUT2D eigenvalue weighted by Crippen LogP contribution is -2.24. The first kappa shape index (κ1) is 11.8. The molecule has 1 fully saturated rings. The Morgan fingerprint density at radius 1 is 1.50 bits per heavy atom. The number of aromatic nitrogens is 1. The number of hydrogen-bond acceptors (Lipinski definition) is 2. The molecule has 1 aliphatic rings. The zero-order chi connectivity index (χ0) is 11.5. The van der Waals surface area contributed by atoms with Crippen molar-refractivity contribution in [3.8, 4) is 0 Å². The second-order valence-corrected chi connectivity index (χ2v) is 5.04. The zero-order valence-electron chi connectivity index (χ0n) is 10.1. The van der Waals surface area contributed by atoms with Crippen molar-refractivity contribution in [2.75, 3.05) is 13.1 Å². The molecule has 88 valence electrons. The second kappa shape index (κ2) is 5.11. The number of aromatic amines is 1. The lowest BCUT2D eigenvalue weighted by Gasteiger charge is -2.25. The minimum absolute atomic E-state index is 0.604. The molecule has 2 rings (SSSR count). The fraction of sp³-hybridized carbons (Fsp3) is 0.615. The Morgan fingerprint density at radius 2 is 2.31 bits per heavy atom. The van der Waals surface area contributed by atoms with Crippen molar-refractivity contribution in [3.05, 3.63) is 28.0 Å². The third-order valence-corrected chi connectivity index (χ3v) is 3.63.